The molecule has 0 unspecified atom stereocenters. The summed E-state index contributed by atoms with van der Waals surface area (Å²) >= 11 is 0. The van der Waals surface area contributed by atoms with Crippen LogP contribution in [0, 0.1) is 0 Å². The molecule has 1 aliphatic carbocycles. The quantitative estimate of drug-likeness (QED) is 0.455. The summed E-state index contributed by atoms with van der Waals surface area (Å²) in [7, 11) is 0. The maximum absolute atomic E-state index is 13.3. The zero-order chi connectivity index (χ0) is 21.4. The van der Waals surface area contributed by atoms with Crippen LogP contribution >= 0.6 is 0 Å². The van der Waals surface area contributed by atoms with E-state index in [9.17, 15) is 8.78 Å². The van der Waals surface area contributed by atoms with Gasteiger partial charge >= 0.3 is 0 Å². The number of ether oxygens (including phenoxy) is 1. The van der Waals surface area contributed by atoms with Gasteiger partial charge in [-0.2, -0.15) is 4.98 Å². The van der Waals surface area contributed by atoms with Crippen LogP contribution in [0.4, 0.5) is 14.7 Å². The fourth-order valence-electron chi connectivity index (χ4n) is 4.33. The average Bonchev–Trinajstić information content (AvgIpc) is 3.38. The normalized spacial score (nSPS) is 19.5. The number of pyridine rings is 1. The number of nitrogens with zero attached hydrogens (tertiary/aromatic N) is 4. The third-order valence-electron chi connectivity index (χ3n) is 5.91. The standard InChI is InChI=1S/C22H24F2N6O/c1-2-31-15-6-4-14(5-7-15)28-22-27-10-17-16(9-26-21(17)29-22)13-3-8-19-25-11-18(20(23)24)30(19)12-13/h3,8-12,14-15,20H,2,4-7H2,1H3,(H2,26,27,28,29)/t14-,15+. The number of hydrogen-bond acceptors (Lipinski definition) is 5. The molecular weight excluding hydrogens is 402 g/mol. The Morgan fingerprint density at radius 1 is 1.19 bits per heavy atom. The van der Waals surface area contributed by atoms with Crippen molar-refractivity contribution >= 4 is 22.6 Å². The summed E-state index contributed by atoms with van der Waals surface area (Å²) in [6, 6.07) is 3.93. The van der Waals surface area contributed by atoms with E-state index in [0.29, 0.717) is 29.4 Å². The second-order valence-electron chi connectivity index (χ2n) is 7.86. The number of hydrogen-bond donors (Lipinski definition) is 2. The van der Waals surface area contributed by atoms with Gasteiger partial charge in [0.25, 0.3) is 6.43 Å². The van der Waals surface area contributed by atoms with Gasteiger partial charge in [0.05, 0.1) is 12.3 Å². The van der Waals surface area contributed by atoms with E-state index in [0.717, 1.165) is 48.8 Å². The molecule has 4 heterocycles. The number of anilines is 1. The predicted octanol–water partition coefficient (Wildman–Crippen LogP) is 4.97. The Hall–Kier alpha value is -3.07. The van der Waals surface area contributed by atoms with E-state index in [-0.39, 0.29) is 5.69 Å². The first kappa shape index (κ1) is 19.9. The van der Waals surface area contributed by atoms with Crippen LogP contribution < -0.4 is 5.32 Å². The topological polar surface area (TPSA) is 80.1 Å². The third-order valence-corrected chi connectivity index (χ3v) is 5.91. The van der Waals surface area contributed by atoms with E-state index < -0.39 is 6.43 Å². The zero-order valence-electron chi connectivity index (χ0n) is 17.2. The Bertz CT molecular complexity index is 1200. The number of halogens is 2. The lowest BCUT2D eigenvalue weighted by molar-refractivity contribution is 0.0346. The van der Waals surface area contributed by atoms with E-state index in [4.69, 9.17) is 4.74 Å². The maximum Gasteiger partial charge on any atom is 0.280 e. The van der Waals surface area contributed by atoms with Crippen LogP contribution in [0.3, 0.4) is 0 Å². The Kier molecular flexibility index (Phi) is 5.27. The molecule has 5 rings (SSSR count). The molecule has 1 aliphatic rings. The summed E-state index contributed by atoms with van der Waals surface area (Å²) in [5.74, 6) is 0.589. The third kappa shape index (κ3) is 3.85. The molecule has 7 nitrogen and oxygen atoms in total. The van der Waals surface area contributed by atoms with Crippen molar-refractivity contribution in [2.45, 2.75) is 51.2 Å². The average molecular weight is 426 g/mol. The minimum Gasteiger partial charge on any atom is -0.379 e. The molecular formula is C22H24F2N6O. The minimum atomic E-state index is -2.59. The number of fused-ring (bicyclic) bond motifs is 2. The van der Waals surface area contributed by atoms with Crippen molar-refractivity contribution in [2.75, 3.05) is 11.9 Å². The molecule has 0 radical (unpaired) electrons. The fourth-order valence-corrected chi connectivity index (χ4v) is 4.33. The van der Waals surface area contributed by atoms with Crippen molar-refractivity contribution in [1.29, 1.82) is 0 Å². The van der Waals surface area contributed by atoms with Crippen molar-refractivity contribution in [3.63, 3.8) is 0 Å². The lowest BCUT2D eigenvalue weighted by atomic mass is 9.93. The molecule has 0 atom stereocenters. The predicted molar refractivity (Wildman–Crippen MR) is 114 cm³/mol. The SMILES string of the molecule is CCO[C@H]1CC[C@@H](Nc2ncc3c(-c4ccc5ncc(C(F)F)n5c4)c[nH]c3n2)CC1. The highest BCUT2D eigenvalue weighted by Crippen LogP contribution is 2.30. The number of imidazole rings is 1. The number of H-pyrrole nitrogens is 1. The van der Waals surface area contributed by atoms with Gasteiger partial charge < -0.3 is 15.0 Å². The van der Waals surface area contributed by atoms with Crippen LogP contribution in [0.2, 0.25) is 0 Å². The molecule has 0 bridgehead atoms. The molecule has 4 aromatic rings. The van der Waals surface area contributed by atoms with Gasteiger partial charge in [0, 0.05) is 47.8 Å². The molecule has 4 aromatic heterocycles. The van der Waals surface area contributed by atoms with Crippen molar-refractivity contribution < 1.29 is 13.5 Å². The highest BCUT2D eigenvalue weighted by atomic mass is 19.3. The van der Waals surface area contributed by atoms with E-state index >= 15 is 0 Å². The summed E-state index contributed by atoms with van der Waals surface area (Å²) < 4.78 is 33.6. The number of nitrogens with one attached hydrogen (secondary N) is 2. The van der Waals surface area contributed by atoms with E-state index in [1.807, 2.05) is 19.2 Å². The van der Waals surface area contributed by atoms with E-state index in [1.165, 1.54) is 10.6 Å². The first-order valence-corrected chi connectivity index (χ1v) is 10.6. The highest BCUT2D eigenvalue weighted by molar-refractivity contribution is 5.93. The summed E-state index contributed by atoms with van der Waals surface area (Å²) in [6.07, 6.45) is 8.39. The smallest absolute Gasteiger partial charge is 0.280 e. The van der Waals surface area contributed by atoms with Gasteiger partial charge in [-0.15, -0.1) is 0 Å². The Morgan fingerprint density at radius 2 is 2.03 bits per heavy atom. The lowest BCUT2D eigenvalue weighted by Gasteiger charge is -2.28. The van der Waals surface area contributed by atoms with Gasteiger partial charge in [0.1, 0.15) is 17.0 Å². The van der Waals surface area contributed by atoms with Crippen LogP contribution in [-0.2, 0) is 4.74 Å². The molecule has 0 aromatic carbocycles. The molecule has 9 heteroatoms. The molecule has 2 N–H and O–H groups in total. The summed E-state index contributed by atoms with van der Waals surface area (Å²) in [5.41, 5.74) is 2.71. The molecule has 1 fully saturated rings. The molecule has 162 valence electrons. The van der Waals surface area contributed by atoms with E-state index in [2.05, 4.69) is 25.3 Å². The van der Waals surface area contributed by atoms with Crippen LogP contribution in [0.5, 0.6) is 0 Å². The Labute approximate surface area is 177 Å². The number of alkyl halides is 2. The molecule has 0 saturated heterocycles. The number of aromatic nitrogens is 5. The summed E-state index contributed by atoms with van der Waals surface area (Å²) in [6.45, 7) is 2.79. The van der Waals surface area contributed by atoms with Crippen LogP contribution in [0.15, 0.2) is 36.9 Å². The second kappa shape index (κ2) is 8.22. The van der Waals surface area contributed by atoms with Gasteiger partial charge in [-0.3, -0.25) is 4.40 Å². The first-order valence-electron chi connectivity index (χ1n) is 10.6. The number of aromatic amines is 1. The maximum atomic E-state index is 13.3. The molecule has 1 saturated carbocycles. The van der Waals surface area contributed by atoms with Crippen LogP contribution in [-0.4, -0.2) is 43.1 Å². The van der Waals surface area contributed by atoms with Gasteiger partial charge in [-0.1, -0.05) is 0 Å². The van der Waals surface area contributed by atoms with Gasteiger partial charge in [0.2, 0.25) is 5.95 Å². The lowest BCUT2D eigenvalue weighted by Crippen LogP contribution is -2.30. The second-order valence-corrected chi connectivity index (χ2v) is 7.86. The molecule has 0 spiro atoms. The largest absolute Gasteiger partial charge is 0.379 e. The molecule has 0 aliphatic heterocycles. The monoisotopic (exact) mass is 426 g/mol. The minimum absolute atomic E-state index is 0.126. The van der Waals surface area contributed by atoms with Gasteiger partial charge in [-0.25, -0.2) is 18.7 Å². The fraction of sp³-hybridized carbons (Fsp3) is 0.409. The first-order chi connectivity index (χ1) is 15.1. The zero-order valence-corrected chi connectivity index (χ0v) is 17.2. The highest BCUT2D eigenvalue weighted by Gasteiger charge is 2.22. The van der Waals surface area contributed by atoms with Gasteiger partial charge in [0.15, 0.2) is 0 Å². The molecule has 0 amide bonds. The Balaban J connectivity index is 1.37. The molecule has 31 heavy (non-hydrogen) atoms. The van der Waals surface area contributed by atoms with Crippen LogP contribution in [0.1, 0.15) is 44.7 Å². The van der Waals surface area contributed by atoms with E-state index in [1.54, 1.807) is 18.5 Å². The van der Waals surface area contributed by atoms with Crippen molar-refractivity contribution in [3.05, 3.63) is 42.6 Å². The van der Waals surface area contributed by atoms with Gasteiger partial charge in [-0.05, 0) is 44.7 Å². The van der Waals surface area contributed by atoms with Crippen molar-refractivity contribution in [1.82, 2.24) is 24.3 Å². The Morgan fingerprint density at radius 3 is 2.81 bits per heavy atom. The van der Waals surface area contributed by atoms with Crippen LogP contribution in [0.25, 0.3) is 27.8 Å². The summed E-state index contributed by atoms with van der Waals surface area (Å²) in [4.78, 5) is 16.3. The van der Waals surface area contributed by atoms with Crippen molar-refractivity contribution in [3.8, 4) is 11.1 Å². The summed E-state index contributed by atoms with van der Waals surface area (Å²) in [5, 5.41) is 4.27. The van der Waals surface area contributed by atoms with Crippen molar-refractivity contribution in [2.24, 2.45) is 0 Å². The number of rotatable bonds is 6.